The molecule has 2 N–H and O–H groups in total. The number of likely N-dealkylation sites (tertiary alicyclic amines) is 1. The second-order valence-corrected chi connectivity index (χ2v) is 5.09. The van der Waals surface area contributed by atoms with Crippen molar-refractivity contribution in [2.75, 3.05) is 26.8 Å². The van der Waals surface area contributed by atoms with Gasteiger partial charge in [-0.25, -0.2) is 0 Å². The Morgan fingerprint density at radius 2 is 2.24 bits per heavy atom. The van der Waals surface area contributed by atoms with Crippen LogP contribution in [-0.2, 0) is 9.53 Å². The zero-order chi connectivity index (χ0) is 12.7. The monoisotopic (exact) mass is 242 g/mol. The highest BCUT2D eigenvalue weighted by Crippen LogP contribution is 2.18. The molecule has 1 amide bonds. The molecule has 2 unspecified atom stereocenters. The van der Waals surface area contributed by atoms with Crippen molar-refractivity contribution in [2.24, 2.45) is 11.7 Å². The summed E-state index contributed by atoms with van der Waals surface area (Å²) >= 11 is 0. The molecule has 1 heterocycles. The zero-order valence-electron chi connectivity index (χ0n) is 11.2. The van der Waals surface area contributed by atoms with Gasteiger partial charge in [0.25, 0.3) is 0 Å². The van der Waals surface area contributed by atoms with E-state index in [-0.39, 0.29) is 17.9 Å². The molecule has 2 atom stereocenters. The SMILES string of the molecule is COCC(C)CC(=O)N1CCCCCC1CN. The first-order chi connectivity index (χ1) is 8.19. The first-order valence-electron chi connectivity index (χ1n) is 6.67. The van der Waals surface area contributed by atoms with Gasteiger partial charge in [-0.15, -0.1) is 0 Å². The Morgan fingerprint density at radius 3 is 2.88 bits per heavy atom. The predicted octanol–water partition coefficient (Wildman–Crippen LogP) is 1.39. The highest BCUT2D eigenvalue weighted by Gasteiger charge is 2.25. The summed E-state index contributed by atoms with van der Waals surface area (Å²) in [6.07, 6.45) is 5.15. The van der Waals surface area contributed by atoms with E-state index >= 15 is 0 Å². The van der Waals surface area contributed by atoms with Gasteiger partial charge in [0.15, 0.2) is 0 Å². The number of carbonyl (C=O) groups is 1. The second kappa shape index (κ2) is 7.67. The first-order valence-corrected chi connectivity index (χ1v) is 6.67. The van der Waals surface area contributed by atoms with Gasteiger partial charge >= 0.3 is 0 Å². The molecule has 0 aromatic rings. The van der Waals surface area contributed by atoms with Crippen molar-refractivity contribution < 1.29 is 9.53 Å². The van der Waals surface area contributed by atoms with Gasteiger partial charge in [-0.2, -0.15) is 0 Å². The lowest BCUT2D eigenvalue weighted by atomic mass is 10.1. The smallest absolute Gasteiger partial charge is 0.223 e. The quantitative estimate of drug-likeness (QED) is 0.792. The van der Waals surface area contributed by atoms with Crippen molar-refractivity contribution in [1.82, 2.24) is 4.90 Å². The van der Waals surface area contributed by atoms with Crippen LogP contribution in [0.25, 0.3) is 0 Å². The third kappa shape index (κ3) is 4.64. The van der Waals surface area contributed by atoms with E-state index in [0.29, 0.717) is 19.6 Å². The number of methoxy groups -OCH3 is 1. The van der Waals surface area contributed by atoms with Crippen LogP contribution in [0.2, 0.25) is 0 Å². The lowest BCUT2D eigenvalue weighted by Crippen LogP contribution is -2.44. The summed E-state index contributed by atoms with van der Waals surface area (Å²) in [5.74, 6) is 0.529. The van der Waals surface area contributed by atoms with E-state index in [0.717, 1.165) is 19.4 Å². The molecular formula is C13H26N2O2. The number of nitrogens with zero attached hydrogens (tertiary/aromatic N) is 1. The minimum atomic E-state index is 0.243. The van der Waals surface area contributed by atoms with Gasteiger partial charge in [-0.05, 0) is 18.8 Å². The first kappa shape index (κ1) is 14.5. The van der Waals surface area contributed by atoms with E-state index in [1.54, 1.807) is 7.11 Å². The normalized spacial score (nSPS) is 23.2. The molecule has 4 nitrogen and oxygen atoms in total. The summed E-state index contributed by atoms with van der Waals surface area (Å²) in [6, 6.07) is 0.250. The molecule has 0 aliphatic carbocycles. The maximum Gasteiger partial charge on any atom is 0.223 e. The summed E-state index contributed by atoms with van der Waals surface area (Å²) in [4.78, 5) is 14.2. The summed E-state index contributed by atoms with van der Waals surface area (Å²) in [7, 11) is 1.68. The molecule has 1 aliphatic rings. The topological polar surface area (TPSA) is 55.6 Å². The fraction of sp³-hybridized carbons (Fsp3) is 0.923. The molecule has 17 heavy (non-hydrogen) atoms. The Bertz CT molecular complexity index is 233. The van der Waals surface area contributed by atoms with Crippen LogP contribution in [0.3, 0.4) is 0 Å². The van der Waals surface area contributed by atoms with E-state index in [4.69, 9.17) is 10.5 Å². The number of hydrogen-bond acceptors (Lipinski definition) is 3. The fourth-order valence-corrected chi connectivity index (χ4v) is 2.51. The molecule has 0 radical (unpaired) electrons. The van der Waals surface area contributed by atoms with Crippen molar-refractivity contribution in [3.63, 3.8) is 0 Å². The molecule has 0 aromatic heterocycles. The maximum atomic E-state index is 12.2. The molecule has 1 aliphatic heterocycles. The number of hydrogen-bond donors (Lipinski definition) is 1. The van der Waals surface area contributed by atoms with Gasteiger partial charge in [0, 0.05) is 39.3 Å². The van der Waals surface area contributed by atoms with Gasteiger partial charge in [-0.1, -0.05) is 19.8 Å². The van der Waals surface area contributed by atoms with Gasteiger partial charge in [0.1, 0.15) is 0 Å². The van der Waals surface area contributed by atoms with Gasteiger partial charge in [0.05, 0.1) is 0 Å². The van der Waals surface area contributed by atoms with E-state index in [2.05, 4.69) is 6.92 Å². The van der Waals surface area contributed by atoms with E-state index in [1.165, 1.54) is 12.8 Å². The number of nitrogens with two attached hydrogens (primary N) is 1. The van der Waals surface area contributed by atoms with Crippen molar-refractivity contribution in [3.8, 4) is 0 Å². The Labute approximate surface area is 104 Å². The van der Waals surface area contributed by atoms with Crippen LogP contribution in [0.5, 0.6) is 0 Å². The van der Waals surface area contributed by atoms with Crippen LogP contribution in [0, 0.1) is 5.92 Å². The number of amides is 1. The van der Waals surface area contributed by atoms with Crippen LogP contribution in [0.15, 0.2) is 0 Å². The number of ether oxygens (including phenoxy) is 1. The van der Waals surface area contributed by atoms with Crippen molar-refractivity contribution in [3.05, 3.63) is 0 Å². The molecule has 0 aromatic carbocycles. The lowest BCUT2D eigenvalue weighted by Gasteiger charge is -2.30. The Kier molecular flexibility index (Phi) is 6.52. The van der Waals surface area contributed by atoms with Crippen molar-refractivity contribution in [1.29, 1.82) is 0 Å². The number of rotatable bonds is 5. The highest BCUT2D eigenvalue weighted by molar-refractivity contribution is 5.76. The molecule has 0 spiro atoms. The molecule has 100 valence electrons. The minimum absolute atomic E-state index is 0.243. The Hall–Kier alpha value is -0.610. The van der Waals surface area contributed by atoms with Crippen LogP contribution < -0.4 is 5.73 Å². The molecule has 1 saturated heterocycles. The minimum Gasteiger partial charge on any atom is -0.384 e. The molecule has 1 rings (SSSR count). The summed E-state index contributed by atoms with van der Waals surface area (Å²) < 4.78 is 5.07. The fourth-order valence-electron chi connectivity index (χ4n) is 2.51. The largest absolute Gasteiger partial charge is 0.384 e. The third-order valence-electron chi connectivity index (χ3n) is 3.44. The number of carbonyl (C=O) groups excluding carboxylic acids is 1. The van der Waals surface area contributed by atoms with E-state index in [9.17, 15) is 4.79 Å². The van der Waals surface area contributed by atoms with Crippen molar-refractivity contribution >= 4 is 5.91 Å². The Morgan fingerprint density at radius 1 is 1.47 bits per heavy atom. The van der Waals surface area contributed by atoms with Crippen LogP contribution in [0.1, 0.15) is 39.0 Å². The molecule has 1 fully saturated rings. The average Bonchev–Trinajstić information content (AvgIpc) is 2.53. The predicted molar refractivity (Wildman–Crippen MR) is 68.7 cm³/mol. The van der Waals surface area contributed by atoms with E-state index in [1.807, 2.05) is 4.90 Å². The van der Waals surface area contributed by atoms with Gasteiger partial charge in [0.2, 0.25) is 5.91 Å². The lowest BCUT2D eigenvalue weighted by molar-refractivity contribution is -0.134. The molecule has 4 heteroatoms. The van der Waals surface area contributed by atoms with Crippen LogP contribution in [-0.4, -0.2) is 43.7 Å². The van der Waals surface area contributed by atoms with Crippen LogP contribution >= 0.6 is 0 Å². The highest BCUT2D eigenvalue weighted by atomic mass is 16.5. The summed E-state index contributed by atoms with van der Waals surface area (Å²) in [5.41, 5.74) is 5.77. The Balaban J connectivity index is 2.51. The molecular weight excluding hydrogens is 216 g/mol. The summed E-state index contributed by atoms with van der Waals surface area (Å²) in [5, 5.41) is 0. The molecule has 0 saturated carbocycles. The third-order valence-corrected chi connectivity index (χ3v) is 3.44. The van der Waals surface area contributed by atoms with Crippen LogP contribution in [0.4, 0.5) is 0 Å². The summed E-state index contributed by atoms with van der Waals surface area (Å²) in [6.45, 7) is 4.16. The average molecular weight is 242 g/mol. The van der Waals surface area contributed by atoms with Gasteiger partial charge in [-0.3, -0.25) is 4.79 Å². The standard InChI is InChI=1S/C13H26N2O2/c1-11(10-17-2)8-13(16)15-7-5-3-4-6-12(15)9-14/h11-12H,3-10,14H2,1-2H3. The van der Waals surface area contributed by atoms with Crippen molar-refractivity contribution in [2.45, 2.75) is 45.1 Å². The second-order valence-electron chi connectivity index (χ2n) is 5.09. The van der Waals surface area contributed by atoms with E-state index < -0.39 is 0 Å². The maximum absolute atomic E-state index is 12.2. The zero-order valence-corrected chi connectivity index (χ0v) is 11.2. The molecule has 0 bridgehead atoms. The van der Waals surface area contributed by atoms with Gasteiger partial charge < -0.3 is 15.4 Å².